The van der Waals surface area contributed by atoms with Crippen molar-refractivity contribution in [2.24, 2.45) is 17.6 Å². The number of thiocarbonyl (C=S) groups is 1. The number of allylic oxidation sites excluding steroid dienone is 1. The summed E-state index contributed by atoms with van der Waals surface area (Å²) < 4.78 is 0. The monoisotopic (exact) mass is 508 g/mol. The minimum absolute atomic E-state index is 0.0272. The number of nitrogens with one attached hydrogen (secondary N) is 1. The van der Waals surface area contributed by atoms with Crippen molar-refractivity contribution >= 4 is 52.2 Å². The Labute approximate surface area is 209 Å². The van der Waals surface area contributed by atoms with Gasteiger partial charge in [0.1, 0.15) is 27.8 Å². The van der Waals surface area contributed by atoms with Crippen LogP contribution in [0.1, 0.15) is 17.5 Å². The number of rotatable bonds is 3. The Kier molecular flexibility index (Phi) is 5.65. The average molecular weight is 509 g/mol. The molecule has 10 heteroatoms. The lowest BCUT2D eigenvalue weighted by Crippen LogP contribution is -2.57. The van der Waals surface area contributed by atoms with E-state index in [1.807, 2.05) is 6.07 Å². The van der Waals surface area contributed by atoms with Gasteiger partial charge >= 0.3 is 0 Å². The van der Waals surface area contributed by atoms with Gasteiger partial charge in [0.05, 0.1) is 23.1 Å². The van der Waals surface area contributed by atoms with E-state index in [0.717, 1.165) is 0 Å². The van der Waals surface area contributed by atoms with Gasteiger partial charge in [0, 0.05) is 21.6 Å². The van der Waals surface area contributed by atoms with Gasteiger partial charge < -0.3 is 26.4 Å². The van der Waals surface area contributed by atoms with Crippen LogP contribution in [-0.4, -0.2) is 49.1 Å². The maximum atomic E-state index is 13.7. The molecular weight excluding hydrogens is 488 g/mol. The third-order valence-electron chi connectivity index (χ3n) is 6.63. The Morgan fingerprint density at radius 2 is 1.74 bits per heavy atom. The Balaban J connectivity index is 1.61. The Morgan fingerprint density at radius 1 is 1.03 bits per heavy atom. The number of thioether (sulfide) groups is 1. The van der Waals surface area contributed by atoms with Gasteiger partial charge in [0.2, 0.25) is 0 Å². The van der Waals surface area contributed by atoms with Crippen LogP contribution in [0.15, 0.2) is 70.3 Å². The maximum absolute atomic E-state index is 13.7. The lowest BCUT2D eigenvalue weighted by atomic mass is 9.65. The number of nitrogens with two attached hydrogens (primary N) is 1. The van der Waals surface area contributed by atoms with Gasteiger partial charge in [0.25, 0.3) is 5.91 Å². The lowest BCUT2D eigenvalue weighted by molar-refractivity contribution is -0.128. The summed E-state index contributed by atoms with van der Waals surface area (Å²) in [5.41, 5.74) is 5.57. The Bertz CT molecular complexity index is 1370. The zero-order valence-corrected chi connectivity index (χ0v) is 19.7. The summed E-state index contributed by atoms with van der Waals surface area (Å²) in [6.07, 6.45) is 0.215. The molecule has 1 fully saturated rings. The van der Waals surface area contributed by atoms with Gasteiger partial charge in [-0.05, 0) is 18.6 Å². The summed E-state index contributed by atoms with van der Waals surface area (Å²) in [7, 11) is 0. The first-order valence-electron chi connectivity index (χ1n) is 10.8. The van der Waals surface area contributed by atoms with Gasteiger partial charge in [0.15, 0.2) is 11.6 Å². The highest BCUT2D eigenvalue weighted by atomic mass is 32.2. The second kappa shape index (κ2) is 8.54. The number of phenols is 1. The summed E-state index contributed by atoms with van der Waals surface area (Å²) in [6.45, 7) is 0. The van der Waals surface area contributed by atoms with E-state index in [-0.39, 0.29) is 34.1 Å². The number of aliphatic hydroxyl groups is 2. The molecular formula is C25H20N2O6S2. The Hall–Kier alpha value is -3.63. The van der Waals surface area contributed by atoms with Crippen LogP contribution in [0.4, 0.5) is 0 Å². The van der Waals surface area contributed by atoms with Crippen molar-refractivity contribution in [2.75, 3.05) is 0 Å². The SMILES string of the molecule is NC(=O)C1=C(O)C2C(=O)C3=C(O)c4c(O)cccc4SC3CC2C(NC(=S)c2ccccc2)C1=O. The number of ketones is 2. The molecule has 0 spiro atoms. The molecule has 35 heavy (non-hydrogen) atoms. The van der Waals surface area contributed by atoms with Crippen LogP contribution in [0.25, 0.3) is 5.76 Å². The molecule has 2 aromatic carbocycles. The third kappa shape index (κ3) is 3.60. The number of aromatic hydroxyl groups is 1. The summed E-state index contributed by atoms with van der Waals surface area (Å²) in [5, 5.41) is 34.6. The fourth-order valence-corrected chi connectivity index (χ4v) is 6.77. The molecule has 1 aliphatic heterocycles. The molecule has 8 nitrogen and oxygen atoms in total. The van der Waals surface area contributed by atoms with Crippen molar-refractivity contribution in [3.63, 3.8) is 0 Å². The van der Waals surface area contributed by atoms with Crippen LogP contribution in [-0.2, 0) is 14.4 Å². The van der Waals surface area contributed by atoms with E-state index < -0.39 is 51.9 Å². The molecule has 0 aromatic heterocycles. The minimum atomic E-state index is -1.28. The van der Waals surface area contributed by atoms with Crippen molar-refractivity contribution in [2.45, 2.75) is 22.6 Å². The van der Waals surface area contributed by atoms with E-state index in [4.69, 9.17) is 18.0 Å². The molecule has 6 N–H and O–H groups in total. The van der Waals surface area contributed by atoms with Gasteiger partial charge in [-0.1, -0.05) is 48.6 Å². The fourth-order valence-electron chi connectivity index (χ4n) is 5.06. The molecule has 5 rings (SSSR count). The van der Waals surface area contributed by atoms with Crippen molar-refractivity contribution in [1.82, 2.24) is 5.32 Å². The van der Waals surface area contributed by atoms with E-state index in [1.165, 1.54) is 17.8 Å². The summed E-state index contributed by atoms with van der Waals surface area (Å²) in [4.78, 5) is 40.0. The topological polar surface area (TPSA) is 150 Å². The second-order valence-corrected chi connectivity index (χ2v) is 10.2. The van der Waals surface area contributed by atoms with Gasteiger partial charge in [-0.3, -0.25) is 14.4 Å². The first-order valence-corrected chi connectivity index (χ1v) is 12.1. The highest BCUT2D eigenvalue weighted by molar-refractivity contribution is 8.00. The van der Waals surface area contributed by atoms with Crippen molar-refractivity contribution in [3.05, 3.63) is 76.6 Å². The third-order valence-corrected chi connectivity index (χ3v) is 8.29. The maximum Gasteiger partial charge on any atom is 0.255 e. The van der Waals surface area contributed by atoms with E-state index >= 15 is 0 Å². The van der Waals surface area contributed by atoms with Gasteiger partial charge in [-0.25, -0.2) is 0 Å². The molecule has 1 saturated carbocycles. The number of fused-ring (bicyclic) bond motifs is 3. The van der Waals surface area contributed by atoms with Crippen LogP contribution in [0, 0.1) is 11.8 Å². The fraction of sp³-hybridized carbons (Fsp3) is 0.200. The summed E-state index contributed by atoms with van der Waals surface area (Å²) in [6, 6.07) is 12.6. The largest absolute Gasteiger partial charge is 0.511 e. The van der Waals surface area contributed by atoms with E-state index in [0.29, 0.717) is 10.5 Å². The number of hydrogen-bond donors (Lipinski definition) is 5. The summed E-state index contributed by atoms with van der Waals surface area (Å²) in [5.74, 6) is -5.83. The van der Waals surface area contributed by atoms with Crippen LogP contribution < -0.4 is 11.1 Å². The van der Waals surface area contributed by atoms with Crippen molar-refractivity contribution in [1.29, 1.82) is 0 Å². The van der Waals surface area contributed by atoms with Gasteiger partial charge in [-0.15, -0.1) is 11.8 Å². The number of amides is 1. The molecule has 4 atom stereocenters. The highest BCUT2D eigenvalue weighted by Gasteiger charge is 2.55. The highest BCUT2D eigenvalue weighted by Crippen LogP contribution is 2.53. The molecule has 3 aliphatic rings. The number of Topliss-reactive ketones (excluding diaryl/α,β-unsaturated/α-hetero) is 2. The zero-order valence-electron chi connectivity index (χ0n) is 18.1. The normalized spacial score (nSPS) is 25.5. The molecule has 0 radical (unpaired) electrons. The average Bonchev–Trinajstić information content (AvgIpc) is 2.81. The van der Waals surface area contributed by atoms with E-state index in [9.17, 15) is 29.7 Å². The van der Waals surface area contributed by atoms with Crippen LogP contribution in [0.5, 0.6) is 5.75 Å². The predicted octanol–water partition coefficient (Wildman–Crippen LogP) is 2.55. The number of primary amides is 1. The number of phenolic OH excluding ortho intramolecular Hbond substituents is 1. The van der Waals surface area contributed by atoms with E-state index in [2.05, 4.69) is 5.32 Å². The lowest BCUT2D eigenvalue weighted by Gasteiger charge is -2.44. The van der Waals surface area contributed by atoms with Crippen LogP contribution in [0.3, 0.4) is 0 Å². The molecule has 178 valence electrons. The quantitative estimate of drug-likeness (QED) is 0.311. The number of carbonyl (C=O) groups excluding carboxylic acids is 3. The zero-order chi connectivity index (χ0) is 25.0. The van der Waals surface area contributed by atoms with Crippen molar-refractivity contribution < 1.29 is 29.7 Å². The smallest absolute Gasteiger partial charge is 0.255 e. The molecule has 2 aromatic rings. The molecule has 2 aliphatic carbocycles. The second-order valence-electron chi connectivity index (χ2n) is 8.57. The predicted molar refractivity (Wildman–Crippen MR) is 133 cm³/mol. The molecule has 1 amide bonds. The van der Waals surface area contributed by atoms with Crippen molar-refractivity contribution in [3.8, 4) is 5.75 Å². The Morgan fingerprint density at radius 3 is 2.43 bits per heavy atom. The first kappa shape index (κ1) is 23.1. The standard InChI is InChI=1S/C25H20N2O6S2/c26-24(33)18-21(30)15-11(19(23(18)32)27-25(34)10-5-2-1-3-6-10)9-14-17(20(15)29)22(31)16-12(28)7-4-8-13(16)35-14/h1-8,11,14-15,19,28,30-31H,9H2,(H2,26,33)(H,27,34). The first-order chi connectivity index (χ1) is 16.7. The summed E-state index contributed by atoms with van der Waals surface area (Å²) >= 11 is 6.77. The number of carbonyl (C=O) groups is 3. The van der Waals surface area contributed by atoms with Crippen LogP contribution in [0.2, 0.25) is 0 Å². The number of benzene rings is 2. The van der Waals surface area contributed by atoms with Crippen LogP contribution >= 0.6 is 24.0 Å². The van der Waals surface area contributed by atoms with E-state index in [1.54, 1.807) is 36.4 Å². The molecule has 0 saturated heterocycles. The molecule has 4 unspecified atom stereocenters. The number of aliphatic hydroxyl groups excluding tert-OH is 2. The minimum Gasteiger partial charge on any atom is -0.511 e. The molecule has 0 bridgehead atoms. The number of hydrogen-bond acceptors (Lipinski definition) is 8. The molecule has 1 heterocycles. The van der Waals surface area contributed by atoms with Gasteiger partial charge in [-0.2, -0.15) is 0 Å².